The van der Waals surface area contributed by atoms with Gasteiger partial charge in [-0.3, -0.25) is 4.79 Å². The standard InChI is InChI=1S/C25H27N3O2S2/c1-18-17-28(21-8-3-4-9-22(21)31-18)24-11-10-23(32-24)25(29)27-14-12-26(13-15-27)19-6-5-7-20(16-19)30-2/h3-11,16,18H,12-15,17H2,1-2H3/t18-/m0/s1. The molecule has 2 aromatic carbocycles. The Morgan fingerprint density at radius 3 is 2.62 bits per heavy atom. The van der Waals surface area contributed by atoms with E-state index in [9.17, 15) is 4.79 Å². The number of ether oxygens (including phenoxy) is 1. The number of anilines is 3. The highest BCUT2D eigenvalue weighted by atomic mass is 32.2. The number of fused-ring (bicyclic) bond motifs is 1. The van der Waals surface area contributed by atoms with Gasteiger partial charge in [0.15, 0.2) is 0 Å². The first-order chi connectivity index (χ1) is 15.6. The number of carbonyl (C=O) groups excluding carboxylic acids is 1. The molecule has 5 nitrogen and oxygen atoms in total. The van der Waals surface area contributed by atoms with Gasteiger partial charge >= 0.3 is 0 Å². The largest absolute Gasteiger partial charge is 0.497 e. The van der Waals surface area contributed by atoms with Gasteiger partial charge in [-0.05, 0) is 36.4 Å². The SMILES string of the molecule is COc1cccc(N2CCN(C(=O)c3ccc(N4C[C@H](C)Sc5ccccc54)s3)CC2)c1. The molecule has 0 spiro atoms. The van der Waals surface area contributed by atoms with Crippen molar-refractivity contribution in [3.05, 3.63) is 65.5 Å². The topological polar surface area (TPSA) is 36.0 Å². The number of nitrogens with zero attached hydrogens (tertiary/aromatic N) is 3. The van der Waals surface area contributed by atoms with Crippen molar-refractivity contribution in [1.29, 1.82) is 0 Å². The van der Waals surface area contributed by atoms with E-state index >= 15 is 0 Å². The van der Waals surface area contributed by atoms with Crippen LogP contribution in [0.5, 0.6) is 5.75 Å². The number of hydrogen-bond donors (Lipinski definition) is 0. The van der Waals surface area contributed by atoms with E-state index in [0.717, 1.165) is 54.0 Å². The van der Waals surface area contributed by atoms with Gasteiger partial charge in [-0.15, -0.1) is 23.1 Å². The van der Waals surface area contributed by atoms with Crippen molar-refractivity contribution in [2.24, 2.45) is 0 Å². The summed E-state index contributed by atoms with van der Waals surface area (Å²) in [6.07, 6.45) is 0. The molecule has 1 saturated heterocycles. The fraction of sp³-hybridized carbons (Fsp3) is 0.320. The quantitative estimate of drug-likeness (QED) is 0.519. The molecule has 1 amide bonds. The van der Waals surface area contributed by atoms with E-state index in [1.54, 1.807) is 18.4 Å². The maximum Gasteiger partial charge on any atom is 0.264 e. The Morgan fingerprint density at radius 1 is 1.00 bits per heavy atom. The molecule has 166 valence electrons. The first kappa shape index (κ1) is 21.2. The van der Waals surface area contributed by atoms with Crippen molar-refractivity contribution >= 4 is 45.4 Å². The van der Waals surface area contributed by atoms with Gasteiger partial charge in [-0.1, -0.05) is 25.1 Å². The predicted octanol–water partition coefficient (Wildman–Crippen LogP) is 5.35. The summed E-state index contributed by atoms with van der Waals surface area (Å²) in [5, 5.41) is 1.65. The minimum absolute atomic E-state index is 0.138. The maximum absolute atomic E-state index is 13.2. The molecular weight excluding hydrogens is 438 g/mol. The number of piperazine rings is 1. The summed E-state index contributed by atoms with van der Waals surface area (Å²) in [6, 6.07) is 20.8. The lowest BCUT2D eigenvalue weighted by Gasteiger charge is -2.36. The molecule has 0 radical (unpaired) electrons. The number of rotatable bonds is 4. The van der Waals surface area contributed by atoms with Gasteiger partial charge in [-0.2, -0.15) is 0 Å². The first-order valence-electron chi connectivity index (χ1n) is 10.9. The molecule has 0 N–H and O–H groups in total. The third-order valence-corrected chi connectivity index (χ3v) is 8.22. The van der Waals surface area contributed by atoms with Gasteiger partial charge in [0.05, 0.1) is 22.7 Å². The van der Waals surface area contributed by atoms with Crippen molar-refractivity contribution < 1.29 is 9.53 Å². The Bertz CT molecular complexity index is 1110. The highest BCUT2D eigenvalue weighted by Gasteiger charge is 2.27. The Hall–Kier alpha value is -2.64. The zero-order chi connectivity index (χ0) is 22.1. The van der Waals surface area contributed by atoms with Gasteiger partial charge in [0.2, 0.25) is 0 Å². The molecule has 5 rings (SSSR count). The molecule has 3 heterocycles. The van der Waals surface area contributed by atoms with Crippen molar-refractivity contribution in [3.8, 4) is 5.75 Å². The van der Waals surface area contributed by atoms with Crippen molar-refractivity contribution in [1.82, 2.24) is 4.90 Å². The number of thioether (sulfide) groups is 1. The van der Waals surface area contributed by atoms with E-state index in [2.05, 4.69) is 59.2 Å². The first-order valence-corrected chi connectivity index (χ1v) is 12.6. The number of amides is 1. The lowest BCUT2D eigenvalue weighted by molar-refractivity contribution is 0.0751. The Labute approximate surface area is 197 Å². The number of methoxy groups -OCH3 is 1. The molecule has 0 unspecified atom stereocenters. The molecule has 7 heteroatoms. The lowest BCUT2D eigenvalue weighted by atomic mass is 10.2. The summed E-state index contributed by atoms with van der Waals surface area (Å²) < 4.78 is 5.35. The molecule has 1 aromatic heterocycles. The molecule has 2 aliphatic heterocycles. The molecule has 3 aromatic rings. The fourth-order valence-electron chi connectivity index (χ4n) is 4.32. The van der Waals surface area contributed by atoms with Crippen LogP contribution in [-0.4, -0.2) is 55.9 Å². The maximum atomic E-state index is 13.2. The zero-order valence-corrected chi connectivity index (χ0v) is 20.0. The predicted molar refractivity (Wildman–Crippen MR) is 134 cm³/mol. The van der Waals surface area contributed by atoms with Crippen molar-refractivity contribution in [3.63, 3.8) is 0 Å². The average Bonchev–Trinajstić information content (AvgIpc) is 3.33. The van der Waals surface area contributed by atoms with Crippen LogP contribution in [0, 0.1) is 0 Å². The van der Waals surface area contributed by atoms with Crippen LogP contribution < -0.4 is 14.5 Å². The number of para-hydroxylation sites is 1. The zero-order valence-electron chi connectivity index (χ0n) is 18.4. The molecule has 1 fully saturated rings. The Kier molecular flexibility index (Phi) is 6.02. The highest BCUT2D eigenvalue weighted by Crippen LogP contribution is 2.43. The van der Waals surface area contributed by atoms with E-state index in [1.807, 2.05) is 34.9 Å². The Balaban J connectivity index is 1.27. The molecule has 2 aliphatic rings. The highest BCUT2D eigenvalue weighted by molar-refractivity contribution is 8.00. The second kappa shape index (κ2) is 9.08. The van der Waals surface area contributed by atoms with Gasteiger partial charge in [0, 0.05) is 54.6 Å². The van der Waals surface area contributed by atoms with Crippen LogP contribution in [0.15, 0.2) is 65.6 Å². The monoisotopic (exact) mass is 465 g/mol. The van der Waals surface area contributed by atoms with Gasteiger partial charge in [0.25, 0.3) is 5.91 Å². The van der Waals surface area contributed by atoms with Crippen molar-refractivity contribution in [2.45, 2.75) is 17.1 Å². The molecule has 32 heavy (non-hydrogen) atoms. The van der Waals surface area contributed by atoms with Crippen LogP contribution >= 0.6 is 23.1 Å². The third-order valence-electron chi connectivity index (χ3n) is 5.98. The summed E-state index contributed by atoms with van der Waals surface area (Å²) >= 11 is 3.53. The van der Waals surface area contributed by atoms with Crippen LogP contribution in [0.25, 0.3) is 0 Å². The average molecular weight is 466 g/mol. The second-order valence-corrected chi connectivity index (χ2v) is 10.7. The van der Waals surface area contributed by atoms with Gasteiger partial charge in [0.1, 0.15) is 5.75 Å². The van der Waals surface area contributed by atoms with Crippen LogP contribution in [0.2, 0.25) is 0 Å². The van der Waals surface area contributed by atoms with Crippen LogP contribution in [0.1, 0.15) is 16.6 Å². The minimum atomic E-state index is 0.138. The van der Waals surface area contributed by atoms with Crippen LogP contribution in [-0.2, 0) is 0 Å². The summed E-state index contributed by atoms with van der Waals surface area (Å²) in [4.78, 5) is 22.0. The number of carbonyl (C=O) groups is 1. The van der Waals surface area contributed by atoms with E-state index in [-0.39, 0.29) is 5.91 Å². The molecule has 0 saturated carbocycles. The van der Waals surface area contributed by atoms with Crippen molar-refractivity contribution in [2.75, 3.05) is 49.6 Å². The van der Waals surface area contributed by atoms with Gasteiger partial charge < -0.3 is 19.4 Å². The summed E-state index contributed by atoms with van der Waals surface area (Å²) in [5.41, 5.74) is 2.38. The second-order valence-electron chi connectivity index (χ2n) is 8.13. The number of benzene rings is 2. The minimum Gasteiger partial charge on any atom is -0.497 e. The molecule has 0 bridgehead atoms. The summed E-state index contributed by atoms with van der Waals surface area (Å²) in [7, 11) is 1.69. The van der Waals surface area contributed by atoms with E-state index in [0.29, 0.717) is 5.25 Å². The lowest BCUT2D eigenvalue weighted by Crippen LogP contribution is -2.48. The smallest absolute Gasteiger partial charge is 0.264 e. The summed E-state index contributed by atoms with van der Waals surface area (Å²) in [5.74, 6) is 0.999. The van der Waals surface area contributed by atoms with Crippen LogP contribution in [0.3, 0.4) is 0 Å². The number of hydrogen-bond acceptors (Lipinski definition) is 6. The van der Waals surface area contributed by atoms with E-state index < -0.39 is 0 Å². The fourth-order valence-corrected chi connectivity index (χ4v) is 6.43. The third kappa shape index (κ3) is 4.19. The van der Waals surface area contributed by atoms with Crippen LogP contribution in [0.4, 0.5) is 16.4 Å². The summed E-state index contributed by atoms with van der Waals surface area (Å²) in [6.45, 7) is 6.31. The number of thiophene rings is 1. The Morgan fingerprint density at radius 2 is 1.81 bits per heavy atom. The van der Waals surface area contributed by atoms with Gasteiger partial charge in [-0.25, -0.2) is 0 Å². The molecule has 1 atom stereocenters. The van der Waals surface area contributed by atoms with E-state index in [1.165, 1.54) is 10.6 Å². The normalized spacial score (nSPS) is 18.4. The molecule has 0 aliphatic carbocycles. The molecular formula is C25H27N3O2S2. The van der Waals surface area contributed by atoms with E-state index in [4.69, 9.17) is 4.74 Å².